The second kappa shape index (κ2) is 16.3. The van der Waals surface area contributed by atoms with Crippen molar-refractivity contribution in [3.63, 3.8) is 0 Å². The van der Waals surface area contributed by atoms with Crippen LogP contribution in [-0.4, -0.2) is 5.54 Å². The maximum absolute atomic E-state index is 2.60. The van der Waals surface area contributed by atoms with Crippen molar-refractivity contribution in [3.05, 3.63) is 205 Å². The normalized spacial score (nSPS) is 15.7. The van der Waals surface area contributed by atoms with Gasteiger partial charge in [-0.3, -0.25) is 0 Å². The van der Waals surface area contributed by atoms with E-state index in [0.717, 1.165) is 12.1 Å². The summed E-state index contributed by atoms with van der Waals surface area (Å²) in [5.74, 6) is 0. The summed E-state index contributed by atoms with van der Waals surface area (Å²) in [5.41, 5.74) is 16.1. The molecule has 0 aromatic heterocycles. The molecule has 320 valence electrons. The van der Waals surface area contributed by atoms with E-state index in [-0.39, 0.29) is 21.8 Å². The Hall–Kier alpha value is -6.44. The number of fused-ring (bicyclic) bond motifs is 2. The second-order valence-electron chi connectivity index (χ2n) is 21.3. The minimum absolute atomic E-state index is 0.0112. The number of anilines is 2. The summed E-state index contributed by atoms with van der Waals surface area (Å²) in [4.78, 5) is 2.60. The van der Waals surface area contributed by atoms with Gasteiger partial charge in [0.2, 0.25) is 0 Å². The third-order valence-corrected chi connectivity index (χ3v) is 13.5. The molecule has 0 heterocycles. The van der Waals surface area contributed by atoms with Crippen LogP contribution in [0.3, 0.4) is 0 Å². The first kappa shape index (κ1) is 42.8. The van der Waals surface area contributed by atoms with Gasteiger partial charge in [-0.15, -0.1) is 0 Å². The first-order valence-electron chi connectivity index (χ1n) is 23.1. The van der Waals surface area contributed by atoms with Gasteiger partial charge in [0.15, 0.2) is 0 Å². The van der Waals surface area contributed by atoms with Crippen molar-refractivity contribution >= 4 is 32.9 Å². The quantitative estimate of drug-likeness (QED) is 0.155. The Kier molecular flexibility index (Phi) is 10.9. The molecular formula is C63H63N. The van der Waals surface area contributed by atoms with E-state index < -0.39 is 0 Å². The van der Waals surface area contributed by atoms with Gasteiger partial charge in [0.05, 0.1) is 5.54 Å². The van der Waals surface area contributed by atoms with Crippen molar-refractivity contribution in [2.24, 2.45) is 5.41 Å². The van der Waals surface area contributed by atoms with Gasteiger partial charge in [0.25, 0.3) is 0 Å². The SMILES string of the molecule is CC(C)(C)C1=CCC(C)(N(c2ccc(-c3ccc(-c4cccc5ccccc45)cc3)cc2)c2ccccc2-c2cccc3cccc(-c4cc(C(C)(C)C)cc(C(C)(C)C)c4)c23)C=C1. The summed E-state index contributed by atoms with van der Waals surface area (Å²) >= 11 is 0. The maximum atomic E-state index is 2.60. The molecule has 0 spiro atoms. The van der Waals surface area contributed by atoms with Crippen molar-refractivity contribution in [2.75, 3.05) is 4.90 Å². The molecule has 64 heavy (non-hydrogen) atoms. The maximum Gasteiger partial charge on any atom is 0.0643 e. The highest BCUT2D eigenvalue weighted by Gasteiger charge is 2.35. The van der Waals surface area contributed by atoms with E-state index in [1.165, 1.54) is 88.4 Å². The summed E-state index contributed by atoms with van der Waals surface area (Å²) in [6, 6.07) is 63.6. The average molecular weight is 834 g/mol. The van der Waals surface area contributed by atoms with E-state index in [0.29, 0.717) is 0 Å². The molecule has 1 atom stereocenters. The van der Waals surface area contributed by atoms with Crippen LogP contribution in [0.15, 0.2) is 194 Å². The lowest BCUT2D eigenvalue weighted by Crippen LogP contribution is -2.43. The Labute approximate surface area is 382 Å². The molecule has 1 nitrogen and oxygen atoms in total. The number of rotatable bonds is 7. The Balaban J connectivity index is 1.17. The highest BCUT2D eigenvalue weighted by atomic mass is 15.2. The Morgan fingerprint density at radius 3 is 1.56 bits per heavy atom. The first-order valence-corrected chi connectivity index (χ1v) is 23.1. The van der Waals surface area contributed by atoms with Crippen LogP contribution in [0.4, 0.5) is 11.4 Å². The molecule has 0 radical (unpaired) electrons. The number of allylic oxidation sites excluding steroid dienone is 2. The summed E-state index contributed by atoms with van der Waals surface area (Å²) in [6.07, 6.45) is 8.17. The number of benzene rings is 8. The van der Waals surface area contributed by atoms with Gasteiger partial charge in [0, 0.05) is 16.9 Å². The second-order valence-corrected chi connectivity index (χ2v) is 21.3. The van der Waals surface area contributed by atoms with E-state index in [4.69, 9.17) is 0 Å². The molecule has 0 aliphatic heterocycles. The topological polar surface area (TPSA) is 3.24 Å². The van der Waals surface area contributed by atoms with Gasteiger partial charge in [-0.05, 0) is 125 Å². The third-order valence-electron chi connectivity index (χ3n) is 13.5. The van der Waals surface area contributed by atoms with Gasteiger partial charge < -0.3 is 4.90 Å². The Morgan fingerprint density at radius 1 is 0.438 bits per heavy atom. The standard InChI is InChI=1S/C63H63N/c1-60(2,3)49-36-38-63(10,39-37-49)64(52-34-32-44(33-35-52)43-28-30-46(31-29-43)54-24-15-19-45-18-11-12-22-53(45)54)58-27-14-13-23-56(58)57-26-17-21-47-20-16-25-55(59(47)57)48-40-50(61(4,5)6)42-51(41-48)62(7,8)9/h11-38,40-42H,39H2,1-10H3. The summed E-state index contributed by atoms with van der Waals surface area (Å²) in [7, 11) is 0. The molecule has 9 rings (SSSR count). The van der Waals surface area contributed by atoms with Crippen LogP contribution in [-0.2, 0) is 10.8 Å². The lowest BCUT2D eigenvalue weighted by atomic mass is 9.78. The lowest BCUT2D eigenvalue weighted by molar-refractivity contribution is 0.494. The molecule has 8 aromatic carbocycles. The molecule has 0 N–H and O–H groups in total. The van der Waals surface area contributed by atoms with Crippen LogP contribution in [0.25, 0.3) is 66.1 Å². The minimum atomic E-state index is -0.331. The predicted octanol–water partition coefficient (Wildman–Crippen LogP) is 18.1. The third kappa shape index (κ3) is 8.25. The van der Waals surface area contributed by atoms with Crippen LogP contribution in [0.5, 0.6) is 0 Å². The molecule has 1 aliphatic rings. The first-order chi connectivity index (χ1) is 30.5. The van der Waals surface area contributed by atoms with Crippen LogP contribution in [0.2, 0.25) is 0 Å². The van der Waals surface area contributed by atoms with Gasteiger partial charge in [-0.1, -0.05) is 232 Å². The molecule has 0 amide bonds. The van der Waals surface area contributed by atoms with Crippen LogP contribution < -0.4 is 4.90 Å². The van der Waals surface area contributed by atoms with Crippen molar-refractivity contribution in [3.8, 4) is 44.5 Å². The zero-order valence-electron chi connectivity index (χ0n) is 39.6. The van der Waals surface area contributed by atoms with E-state index >= 15 is 0 Å². The zero-order valence-corrected chi connectivity index (χ0v) is 39.6. The molecule has 8 aromatic rings. The van der Waals surface area contributed by atoms with Gasteiger partial charge >= 0.3 is 0 Å². The molecule has 0 saturated heterocycles. The summed E-state index contributed by atoms with van der Waals surface area (Å²) in [6.45, 7) is 23.3. The Bertz CT molecular complexity index is 3020. The van der Waals surface area contributed by atoms with Crippen molar-refractivity contribution in [1.29, 1.82) is 0 Å². The molecule has 0 saturated carbocycles. The highest BCUT2D eigenvalue weighted by Crippen LogP contribution is 2.48. The highest BCUT2D eigenvalue weighted by molar-refractivity contribution is 6.08. The average Bonchev–Trinajstić information content (AvgIpc) is 3.28. The van der Waals surface area contributed by atoms with Crippen LogP contribution in [0, 0.1) is 5.41 Å². The molecule has 1 unspecified atom stereocenters. The summed E-state index contributed by atoms with van der Waals surface area (Å²) in [5, 5.41) is 5.07. The fraction of sp³-hybridized carbons (Fsp3) is 0.238. The summed E-state index contributed by atoms with van der Waals surface area (Å²) < 4.78 is 0. The number of hydrogen-bond donors (Lipinski definition) is 0. The largest absolute Gasteiger partial charge is 0.331 e. The van der Waals surface area contributed by atoms with Crippen LogP contribution >= 0.6 is 0 Å². The van der Waals surface area contributed by atoms with Gasteiger partial charge in [-0.25, -0.2) is 0 Å². The van der Waals surface area contributed by atoms with Gasteiger partial charge in [-0.2, -0.15) is 0 Å². The lowest BCUT2D eigenvalue weighted by Gasteiger charge is -2.44. The van der Waals surface area contributed by atoms with E-state index in [1.54, 1.807) is 0 Å². The molecular weight excluding hydrogens is 771 g/mol. The zero-order chi connectivity index (χ0) is 45.0. The van der Waals surface area contributed by atoms with Crippen molar-refractivity contribution in [1.82, 2.24) is 0 Å². The van der Waals surface area contributed by atoms with E-state index in [1.807, 2.05) is 0 Å². The molecule has 1 heteroatoms. The number of para-hydroxylation sites is 1. The fourth-order valence-corrected chi connectivity index (χ4v) is 9.63. The van der Waals surface area contributed by atoms with Crippen molar-refractivity contribution < 1.29 is 0 Å². The van der Waals surface area contributed by atoms with Gasteiger partial charge in [0.1, 0.15) is 0 Å². The number of hydrogen-bond acceptors (Lipinski definition) is 1. The van der Waals surface area contributed by atoms with Crippen molar-refractivity contribution in [2.45, 2.75) is 92.0 Å². The van der Waals surface area contributed by atoms with E-state index in [2.05, 4.69) is 262 Å². The fourth-order valence-electron chi connectivity index (χ4n) is 9.63. The Morgan fingerprint density at radius 2 is 0.953 bits per heavy atom. The predicted molar refractivity (Wildman–Crippen MR) is 279 cm³/mol. The monoisotopic (exact) mass is 833 g/mol. The minimum Gasteiger partial charge on any atom is -0.331 e. The molecule has 0 bridgehead atoms. The molecule has 1 aliphatic carbocycles. The molecule has 0 fully saturated rings. The smallest absolute Gasteiger partial charge is 0.0643 e. The van der Waals surface area contributed by atoms with Crippen LogP contribution in [0.1, 0.15) is 86.8 Å². The van der Waals surface area contributed by atoms with E-state index in [9.17, 15) is 0 Å². The number of nitrogens with zero attached hydrogens (tertiary/aromatic N) is 1.